The molecule has 0 spiro atoms. The number of hydrogen-bond donors (Lipinski definition) is 2. The molecule has 2 aliphatic rings. The number of anilines is 1. The quantitative estimate of drug-likeness (QED) is 0.879. The van der Waals surface area contributed by atoms with Gasteiger partial charge in [0.05, 0.1) is 17.5 Å². The fourth-order valence-electron chi connectivity index (χ4n) is 2.76. The number of fused-ring (bicyclic) bond motifs is 1. The molecule has 0 aliphatic carbocycles. The van der Waals surface area contributed by atoms with Gasteiger partial charge in [0.25, 0.3) is 0 Å². The Morgan fingerprint density at radius 1 is 1.39 bits per heavy atom. The van der Waals surface area contributed by atoms with Gasteiger partial charge < -0.3 is 15.4 Å². The van der Waals surface area contributed by atoms with E-state index in [1.807, 2.05) is 11.8 Å². The van der Waals surface area contributed by atoms with Crippen LogP contribution in [0.25, 0.3) is 0 Å². The normalized spacial score (nSPS) is 30.8. The molecule has 0 radical (unpaired) electrons. The summed E-state index contributed by atoms with van der Waals surface area (Å²) in [6.07, 6.45) is 2.72. The molecule has 0 aromatic heterocycles. The summed E-state index contributed by atoms with van der Waals surface area (Å²) in [6.45, 7) is 3.98. The monoisotopic (exact) mass is 264 g/mol. The van der Waals surface area contributed by atoms with Gasteiger partial charge in [0.2, 0.25) is 0 Å². The molecular formula is C14H20N2OS. The summed E-state index contributed by atoms with van der Waals surface area (Å²) in [6, 6.07) is 8.93. The second-order valence-electron chi connectivity index (χ2n) is 4.79. The van der Waals surface area contributed by atoms with Crippen molar-refractivity contribution in [3.63, 3.8) is 0 Å². The number of ether oxygens (including phenoxy) is 1. The summed E-state index contributed by atoms with van der Waals surface area (Å²) in [7, 11) is 0. The molecule has 2 heterocycles. The van der Waals surface area contributed by atoms with E-state index in [1.54, 1.807) is 0 Å². The summed E-state index contributed by atoms with van der Waals surface area (Å²) in [5, 5.41) is 7.62. The smallest absolute Gasteiger partial charge is 0.0950 e. The van der Waals surface area contributed by atoms with E-state index in [0.717, 1.165) is 13.2 Å². The maximum Gasteiger partial charge on any atom is 0.0950 e. The SMILES string of the molecule is CCOC1CCCNC1C1Nc2ccccc2S1. The number of piperidine rings is 1. The molecule has 0 saturated carbocycles. The van der Waals surface area contributed by atoms with E-state index in [-0.39, 0.29) is 0 Å². The van der Waals surface area contributed by atoms with Crippen molar-refractivity contribution in [2.45, 2.75) is 42.2 Å². The Morgan fingerprint density at radius 3 is 3.11 bits per heavy atom. The molecule has 2 N–H and O–H groups in total. The summed E-state index contributed by atoms with van der Waals surface area (Å²) >= 11 is 1.92. The van der Waals surface area contributed by atoms with Crippen molar-refractivity contribution in [2.24, 2.45) is 0 Å². The van der Waals surface area contributed by atoms with Crippen LogP contribution in [0.1, 0.15) is 19.8 Å². The lowest BCUT2D eigenvalue weighted by molar-refractivity contribution is 0.0166. The molecule has 4 heteroatoms. The van der Waals surface area contributed by atoms with E-state index in [0.29, 0.717) is 17.5 Å². The second kappa shape index (κ2) is 5.51. The van der Waals surface area contributed by atoms with E-state index in [1.165, 1.54) is 23.4 Å². The minimum Gasteiger partial charge on any atom is -0.377 e. The first-order valence-corrected chi connectivity index (χ1v) is 7.63. The van der Waals surface area contributed by atoms with Crippen molar-refractivity contribution >= 4 is 17.4 Å². The van der Waals surface area contributed by atoms with Crippen molar-refractivity contribution in [1.82, 2.24) is 5.32 Å². The fraction of sp³-hybridized carbons (Fsp3) is 0.571. The molecular weight excluding hydrogens is 244 g/mol. The van der Waals surface area contributed by atoms with Crippen molar-refractivity contribution < 1.29 is 4.74 Å². The van der Waals surface area contributed by atoms with Crippen LogP contribution < -0.4 is 10.6 Å². The number of rotatable bonds is 3. The van der Waals surface area contributed by atoms with Crippen LogP contribution >= 0.6 is 11.8 Å². The van der Waals surface area contributed by atoms with Crippen LogP contribution in [0.2, 0.25) is 0 Å². The van der Waals surface area contributed by atoms with E-state index in [2.05, 4.69) is 41.8 Å². The third-order valence-electron chi connectivity index (χ3n) is 3.59. The van der Waals surface area contributed by atoms with Gasteiger partial charge in [-0.05, 0) is 38.4 Å². The number of nitrogens with one attached hydrogen (secondary N) is 2. The highest BCUT2D eigenvalue weighted by Gasteiger charge is 2.36. The number of benzene rings is 1. The van der Waals surface area contributed by atoms with Crippen LogP contribution in [0, 0.1) is 0 Å². The predicted octanol–water partition coefficient (Wildman–Crippen LogP) is 2.69. The molecule has 0 bridgehead atoms. The molecule has 1 saturated heterocycles. The molecule has 1 aromatic rings. The maximum absolute atomic E-state index is 5.89. The average Bonchev–Trinajstić information content (AvgIpc) is 2.83. The molecule has 3 rings (SSSR count). The van der Waals surface area contributed by atoms with Crippen LogP contribution in [-0.2, 0) is 4.74 Å². The average molecular weight is 264 g/mol. The molecule has 0 amide bonds. The minimum absolute atomic E-state index is 0.336. The van der Waals surface area contributed by atoms with Crippen LogP contribution in [-0.4, -0.2) is 30.7 Å². The number of hydrogen-bond acceptors (Lipinski definition) is 4. The third kappa shape index (κ3) is 2.37. The summed E-state index contributed by atoms with van der Waals surface area (Å²) in [4.78, 5) is 1.35. The highest BCUT2D eigenvalue weighted by molar-refractivity contribution is 8.00. The van der Waals surface area contributed by atoms with Gasteiger partial charge in [-0.1, -0.05) is 23.9 Å². The third-order valence-corrected chi connectivity index (χ3v) is 4.87. The van der Waals surface area contributed by atoms with Crippen molar-refractivity contribution in [2.75, 3.05) is 18.5 Å². The molecule has 3 unspecified atom stereocenters. The van der Waals surface area contributed by atoms with Crippen molar-refractivity contribution in [3.05, 3.63) is 24.3 Å². The zero-order valence-electron chi connectivity index (χ0n) is 10.7. The van der Waals surface area contributed by atoms with Gasteiger partial charge in [0, 0.05) is 17.2 Å². The van der Waals surface area contributed by atoms with Gasteiger partial charge in [-0.3, -0.25) is 0 Å². The van der Waals surface area contributed by atoms with Crippen LogP contribution in [0.3, 0.4) is 0 Å². The lowest BCUT2D eigenvalue weighted by Crippen LogP contribution is -2.53. The van der Waals surface area contributed by atoms with Gasteiger partial charge >= 0.3 is 0 Å². The number of para-hydroxylation sites is 1. The van der Waals surface area contributed by atoms with Gasteiger partial charge in [0.15, 0.2) is 0 Å². The van der Waals surface area contributed by atoms with Gasteiger partial charge in [-0.15, -0.1) is 0 Å². The summed E-state index contributed by atoms with van der Waals surface area (Å²) in [5.41, 5.74) is 1.26. The Kier molecular flexibility index (Phi) is 3.77. The van der Waals surface area contributed by atoms with Crippen LogP contribution in [0.5, 0.6) is 0 Å². The molecule has 2 aliphatic heterocycles. The van der Waals surface area contributed by atoms with Crippen molar-refractivity contribution in [3.8, 4) is 0 Å². The van der Waals surface area contributed by atoms with E-state index >= 15 is 0 Å². The zero-order valence-corrected chi connectivity index (χ0v) is 11.5. The van der Waals surface area contributed by atoms with Crippen LogP contribution in [0.4, 0.5) is 5.69 Å². The highest BCUT2D eigenvalue weighted by atomic mass is 32.2. The van der Waals surface area contributed by atoms with Crippen molar-refractivity contribution in [1.29, 1.82) is 0 Å². The maximum atomic E-state index is 5.89. The Balaban J connectivity index is 1.72. The molecule has 3 nitrogen and oxygen atoms in total. The molecule has 18 heavy (non-hydrogen) atoms. The van der Waals surface area contributed by atoms with E-state index in [4.69, 9.17) is 4.74 Å². The van der Waals surface area contributed by atoms with E-state index in [9.17, 15) is 0 Å². The molecule has 3 atom stereocenters. The molecule has 1 fully saturated rings. The summed E-state index contributed by atoms with van der Waals surface area (Å²) in [5.74, 6) is 0. The van der Waals surface area contributed by atoms with E-state index < -0.39 is 0 Å². The lowest BCUT2D eigenvalue weighted by atomic mass is 10.0. The van der Waals surface area contributed by atoms with Crippen LogP contribution in [0.15, 0.2) is 29.2 Å². The fourth-order valence-corrected chi connectivity index (χ4v) is 4.05. The molecule has 98 valence electrons. The Labute approximate surface area is 113 Å². The lowest BCUT2D eigenvalue weighted by Gasteiger charge is -2.35. The first-order chi connectivity index (χ1) is 8.88. The highest BCUT2D eigenvalue weighted by Crippen LogP contribution is 2.40. The first kappa shape index (κ1) is 12.3. The summed E-state index contributed by atoms with van der Waals surface area (Å²) < 4.78 is 5.89. The Bertz CT molecular complexity index is 386. The topological polar surface area (TPSA) is 33.3 Å². The predicted molar refractivity (Wildman–Crippen MR) is 76.1 cm³/mol. The van der Waals surface area contributed by atoms with Gasteiger partial charge in [-0.2, -0.15) is 0 Å². The largest absolute Gasteiger partial charge is 0.377 e. The number of thioether (sulfide) groups is 1. The van der Waals surface area contributed by atoms with Gasteiger partial charge in [0.1, 0.15) is 0 Å². The Hall–Kier alpha value is -0.710. The standard InChI is InChI=1S/C14H20N2OS/c1-2-17-11-7-5-9-15-13(11)14-16-10-6-3-4-8-12(10)18-14/h3-4,6,8,11,13-16H,2,5,7,9H2,1H3. The first-order valence-electron chi connectivity index (χ1n) is 6.75. The van der Waals surface area contributed by atoms with Gasteiger partial charge in [-0.25, -0.2) is 0 Å². The zero-order chi connectivity index (χ0) is 12.4. The molecule has 1 aromatic carbocycles. The Morgan fingerprint density at radius 2 is 2.28 bits per heavy atom. The minimum atomic E-state index is 0.336. The second-order valence-corrected chi connectivity index (χ2v) is 5.98.